The number of carbonyl (C=O) groups excluding carboxylic acids is 1. The van der Waals surface area contributed by atoms with Crippen LogP contribution in [-0.2, 0) is 23.1 Å². The first-order valence-corrected chi connectivity index (χ1v) is 8.92. The van der Waals surface area contributed by atoms with Crippen LogP contribution in [0.25, 0.3) is 10.9 Å². The number of aromatic nitrogens is 3. The molecule has 3 aromatic rings. The Kier molecular flexibility index (Phi) is 7.08. The molecule has 0 fully saturated rings. The van der Waals surface area contributed by atoms with Crippen LogP contribution in [0.15, 0.2) is 42.7 Å². The van der Waals surface area contributed by atoms with E-state index in [-0.39, 0.29) is 5.78 Å². The van der Waals surface area contributed by atoms with E-state index in [0.29, 0.717) is 25.0 Å². The first-order valence-electron chi connectivity index (χ1n) is 8.92. The highest BCUT2D eigenvalue weighted by Crippen LogP contribution is 2.26. The maximum atomic E-state index is 12.6. The second-order valence-electron chi connectivity index (χ2n) is 6.44. The molecule has 8 heteroatoms. The number of ketones is 1. The monoisotopic (exact) mass is 397 g/mol. The summed E-state index contributed by atoms with van der Waals surface area (Å²) in [7, 11) is 2.01. The van der Waals surface area contributed by atoms with Gasteiger partial charge in [0.15, 0.2) is 5.78 Å². The highest BCUT2D eigenvalue weighted by Gasteiger charge is 2.18. The van der Waals surface area contributed by atoms with Crippen molar-refractivity contribution in [3.63, 3.8) is 0 Å². The van der Waals surface area contributed by atoms with Crippen LogP contribution in [0.5, 0.6) is 0 Å². The number of imidazole rings is 1. The Labute approximate surface area is 167 Å². The first-order chi connectivity index (χ1) is 13.7. The summed E-state index contributed by atoms with van der Waals surface area (Å²) in [5.74, 6) is -2.33. The zero-order valence-electron chi connectivity index (χ0n) is 16.5. The number of carboxylic acids is 2. The van der Waals surface area contributed by atoms with Gasteiger partial charge in [-0.05, 0) is 26.3 Å². The summed E-state index contributed by atoms with van der Waals surface area (Å²) in [5, 5.41) is 16.7. The number of para-hydroxylation sites is 1. The van der Waals surface area contributed by atoms with Crippen LogP contribution in [0, 0.1) is 13.8 Å². The molecule has 0 radical (unpaired) electrons. The molecule has 1 aromatic carbocycles. The number of aromatic amines is 1. The third kappa shape index (κ3) is 5.41. The number of aryl methyl sites for hydroxylation is 3. The zero-order chi connectivity index (χ0) is 21.6. The summed E-state index contributed by atoms with van der Waals surface area (Å²) < 4.78 is 2.09. The third-order valence-electron chi connectivity index (χ3n) is 4.57. The number of H-pyrrole nitrogens is 1. The number of carboxylic acid groups (broad SMARTS) is 2. The first kappa shape index (κ1) is 21.6. The fourth-order valence-electron chi connectivity index (χ4n) is 3.01. The maximum Gasteiger partial charge on any atom is 0.328 e. The predicted octanol–water partition coefficient (Wildman–Crippen LogP) is 3.05. The quantitative estimate of drug-likeness (QED) is 0.434. The van der Waals surface area contributed by atoms with Gasteiger partial charge < -0.3 is 19.8 Å². The molecule has 0 amide bonds. The molecule has 0 aliphatic heterocycles. The minimum atomic E-state index is -1.26. The van der Waals surface area contributed by atoms with E-state index in [1.807, 2.05) is 39.1 Å². The number of rotatable bonds is 6. The molecule has 0 aliphatic rings. The molecule has 8 nitrogen and oxygen atoms in total. The van der Waals surface area contributed by atoms with E-state index >= 15 is 0 Å². The van der Waals surface area contributed by atoms with Crippen LogP contribution in [0.3, 0.4) is 0 Å². The van der Waals surface area contributed by atoms with E-state index in [9.17, 15) is 14.4 Å². The molecule has 0 saturated carbocycles. The third-order valence-corrected chi connectivity index (χ3v) is 4.57. The van der Waals surface area contributed by atoms with Gasteiger partial charge in [-0.15, -0.1) is 0 Å². The topological polar surface area (TPSA) is 125 Å². The van der Waals surface area contributed by atoms with Gasteiger partial charge in [0.25, 0.3) is 0 Å². The van der Waals surface area contributed by atoms with Crippen LogP contribution in [-0.4, -0.2) is 42.5 Å². The van der Waals surface area contributed by atoms with E-state index in [0.717, 1.165) is 33.5 Å². The lowest BCUT2D eigenvalue weighted by Crippen LogP contribution is -2.04. The van der Waals surface area contributed by atoms with Gasteiger partial charge in [-0.25, -0.2) is 14.6 Å². The van der Waals surface area contributed by atoms with E-state index in [1.165, 1.54) is 0 Å². The number of benzene rings is 1. The Morgan fingerprint density at radius 3 is 2.28 bits per heavy atom. The SMILES string of the molecule is Cc1[nH]cnc1CCC(=O)c1c(C)n(C)c2ccccc12.O=C(O)C=CC(=O)O. The molecule has 3 rings (SSSR count). The molecule has 0 unspecified atom stereocenters. The molecule has 0 saturated heterocycles. The predicted molar refractivity (Wildman–Crippen MR) is 108 cm³/mol. The molecular weight excluding hydrogens is 374 g/mol. The summed E-state index contributed by atoms with van der Waals surface area (Å²) in [6, 6.07) is 8.06. The van der Waals surface area contributed by atoms with Crippen molar-refractivity contribution >= 4 is 28.6 Å². The van der Waals surface area contributed by atoms with Gasteiger partial charge in [-0.2, -0.15) is 0 Å². The standard InChI is InChI=1S/C17H19N3O.C4H4O4/c1-11-14(19-10-18-11)8-9-16(21)17-12(2)20(3)15-7-5-4-6-13(15)17;5-3(6)1-2-4(7)8/h4-7,10H,8-9H2,1-3H3,(H,18,19);1-2H,(H,5,6)(H,7,8). The average molecular weight is 397 g/mol. The Morgan fingerprint density at radius 2 is 1.72 bits per heavy atom. The van der Waals surface area contributed by atoms with Crippen molar-refractivity contribution in [1.82, 2.24) is 14.5 Å². The van der Waals surface area contributed by atoms with Crippen molar-refractivity contribution in [2.24, 2.45) is 7.05 Å². The van der Waals surface area contributed by atoms with Crippen LogP contribution < -0.4 is 0 Å². The number of hydrogen-bond acceptors (Lipinski definition) is 4. The molecule has 2 heterocycles. The van der Waals surface area contributed by atoms with Crippen molar-refractivity contribution in [2.45, 2.75) is 26.7 Å². The van der Waals surface area contributed by atoms with Gasteiger partial charge in [0.1, 0.15) is 0 Å². The minimum Gasteiger partial charge on any atom is -0.478 e. The lowest BCUT2D eigenvalue weighted by molar-refractivity contribution is -0.134. The highest BCUT2D eigenvalue weighted by molar-refractivity contribution is 6.09. The summed E-state index contributed by atoms with van der Waals surface area (Å²) in [4.78, 5) is 39.1. The molecule has 0 spiro atoms. The van der Waals surface area contributed by atoms with Gasteiger partial charge in [-0.3, -0.25) is 4.79 Å². The lowest BCUT2D eigenvalue weighted by atomic mass is 10.0. The highest BCUT2D eigenvalue weighted by atomic mass is 16.4. The van der Waals surface area contributed by atoms with Crippen LogP contribution in [0.1, 0.15) is 33.9 Å². The van der Waals surface area contributed by atoms with Crippen molar-refractivity contribution in [3.05, 3.63) is 65.4 Å². The van der Waals surface area contributed by atoms with E-state index < -0.39 is 11.9 Å². The number of Topliss-reactive ketones (excluding diaryl/α,β-unsaturated/α-hetero) is 1. The zero-order valence-corrected chi connectivity index (χ0v) is 16.5. The molecule has 0 atom stereocenters. The van der Waals surface area contributed by atoms with E-state index in [4.69, 9.17) is 10.2 Å². The van der Waals surface area contributed by atoms with Crippen molar-refractivity contribution in [1.29, 1.82) is 0 Å². The van der Waals surface area contributed by atoms with E-state index in [1.54, 1.807) is 6.33 Å². The number of aliphatic carboxylic acids is 2. The largest absolute Gasteiger partial charge is 0.478 e. The average Bonchev–Trinajstić information content (AvgIpc) is 3.20. The second-order valence-corrected chi connectivity index (χ2v) is 6.44. The fraction of sp³-hybridized carbons (Fsp3) is 0.238. The second kappa shape index (κ2) is 9.50. The molecule has 29 heavy (non-hydrogen) atoms. The fourth-order valence-corrected chi connectivity index (χ4v) is 3.01. The van der Waals surface area contributed by atoms with Crippen molar-refractivity contribution in [3.8, 4) is 0 Å². The molecular formula is C21H23N3O5. The number of nitrogens with one attached hydrogen (secondary N) is 1. The van der Waals surface area contributed by atoms with Crippen molar-refractivity contribution < 1.29 is 24.6 Å². The van der Waals surface area contributed by atoms with Gasteiger partial charge in [0, 0.05) is 53.5 Å². The normalized spacial score (nSPS) is 10.7. The number of carbonyl (C=O) groups is 3. The minimum absolute atomic E-state index is 0.187. The van der Waals surface area contributed by atoms with Gasteiger partial charge in [-0.1, -0.05) is 18.2 Å². The Hall–Kier alpha value is -3.68. The number of hydrogen-bond donors (Lipinski definition) is 3. The number of fused-ring (bicyclic) bond motifs is 1. The van der Waals surface area contributed by atoms with Gasteiger partial charge >= 0.3 is 11.9 Å². The summed E-state index contributed by atoms with van der Waals surface area (Å²) in [5.41, 5.74) is 4.99. The smallest absolute Gasteiger partial charge is 0.328 e. The summed E-state index contributed by atoms with van der Waals surface area (Å²) >= 11 is 0. The Morgan fingerprint density at radius 1 is 1.10 bits per heavy atom. The molecule has 152 valence electrons. The number of nitrogens with zero attached hydrogens (tertiary/aromatic N) is 2. The van der Waals surface area contributed by atoms with Gasteiger partial charge in [0.05, 0.1) is 12.0 Å². The van der Waals surface area contributed by atoms with Crippen LogP contribution in [0.4, 0.5) is 0 Å². The molecule has 3 N–H and O–H groups in total. The Balaban J connectivity index is 0.000000321. The van der Waals surface area contributed by atoms with E-state index in [2.05, 4.69) is 20.6 Å². The molecule has 0 aliphatic carbocycles. The molecule has 0 bridgehead atoms. The van der Waals surface area contributed by atoms with Gasteiger partial charge in [0.2, 0.25) is 0 Å². The lowest BCUT2D eigenvalue weighted by Gasteiger charge is -2.02. The summed E-state index contributed by atoms with van der Waals surface area (Å²) in [6.45, 7) is 3.99. The van der Waals surface area contributed by atoms with Crippen molar-refractivity contribution in [2.75, 3.05) is 0 Å². The Bertz CT molecular complexity index is 1060. The molecule has 2 aromatic heterocycles. The van der Waals surface area contributed by atoms with Crippen LogP contribution in [0.2, 0.25) is 0 Å². The maximum absolute atomic E-state index is 12.6. The van der Waals surface area contributed by atoms with Crippen LogP contribution >= 0.6 is 0 Å². The summed E-state index contributed by atoms with van der Waals surface area (Å²) in [6.07, 6.45) is 3.96.